The van der Waals surface area contributed by atoms with Crippen LogP contribution in [0.1, 0.15) is 24.9 Å². The van der Waals surface area contributed by atoms with Gasteiger partial charge in [-0.25, -0.2) is 13.1 Å². The second-order valence-electron chi connectivity index (χ2n) is 5.78. The maximum atomic E-state index is 12.6. The molecule has 1 amide bonds. The van der Waals surface area contributed by atoms with Crippen LogP contribution in [0.5, 0.6) is 0 Å². The average molecular weight is 411 g/mol. The van der Waals surface area contributed by atoms with E-state index in [2.05, 4.69) is 4.72 Å². The van der Waals surface area contributed by atoms with Gasteiger partial charge in [-0.2, -0.15) is 0 Å². The molecule has 2 aromatic rings. The molecule has 0 radical (unpaired) electrons. The smallest absolute Gasteiger partial charge is 0.308 e. The van der Waals surface area contributed by atoms with Gasteiger partial charge >= 0.3 is 5.97 Å². The van der Waals surface area contributed by atoms with Crippen LogP contribution < -0.4 is 10.5 Å². The van der Waals surface area contributed by atoms with E-state index in [1.807, 2.05) is 0 Å². The number of carbonyl (C=O) groups excluding carboxylic acids is 2. The van der Waals surface area contributed by atoms with Gasteiger partial charge in [0.1, 0.15) is 0 Å². The van der Waals surface area contributed by atoms with E-state index in [1.54, 1.807) is 42.5 Å². The number of esters is 1. The van der Waals surface area contributed by atoms with E-state index in [4.69, 9.17) is 22.1 Å². The van der Waals surface area contributed by atoms with E-state index >= 15 is 0 Å². The number of benzene rings is 2. The molecule has 2 aromatic carbocycles. The van der Waals surface area contributed by atoms with Gasteiger partial charge < -0.3 is 10.5 Å². The van der Waals surface area contributed by atoms with Crippen LogP contribution in [0.25, 0.3) is 0 Å². The Balaban J connectivity index is 2.26. The zero-order valence-corrected chi connectivity index (χ0v) is 16.0. The first-order valence-electron chi connectivity index (χ1n) is 8.00. The first-order chi connectivity index (χ1) is 12.7. The molecule has 7 nitrogen and oxygen atoms in total. The normalized spacial score (nSPS) is 13.6. The number of nitrogens with one attached hydrogen (secondary N) is 1. The summed E-state index contributed by atoms with van der Waals surface area (Å²) in [6.45, 7) is 1.34. The van der Waals surface area contributed by atoms with Crippen molar-refractivity contribution in [1.29, 1.82) is 0 Å². The molecule has 27 heavy (non-hydrogen) atoms. The molecule has 2 atom stereocenters. The fourth-order valence-corrected chi connectivity index (χ4v) is 3.62. The van der Waals surface area contributed by atoms with Gasteiger partial charge in [-0.05, 0) is 36.8 Å². The molecule has 0 saturated carbocycles. The standard InChI is InChI=1S/C18H19ClN2O5S/c1-12(18(20)23)26-17(22)11-16(13-7-9-14(19)10-8-13)21-27(24,25)15-5-3-2-4-6-15/h2-10,12,16,21H,11H2,1H3,(H2,20,23)/t12-,16-/m1/s1. The monoisotopic (exact) mass is 410 g/mol. The van der Waals surface area contributed by atoms with Gasteiger partial charge in [0.25, 0.3) is 5.91 Å². The van der Waals surface area contributed by atoms with E-state index in [0.717, 1.165) is 0 Å². The van der Waals surface area contributed by atoms with Crippen molar-refractivity contribution in [2.45, 2.75) is 30.4 Å². The fourth-order valence-electron chi connectivity index (χ4n) is 2.25. The van der Waals surface area contributed by atoms with Gasteiger partial charge in [0.05, 0.1) is 17.4 Å². The molecule has 0 fully saturated rings. The number of ether oxygens (including phenoxy) is 1. The van der Waals surface area contributed by atoms with E-state index < -0.39 is 34.0 Å². The Kier molecular flexibility index (Phi) is 6.95. The Labute approximate surface area is 162 Å². The molecule has 0 aliphatic heterocycles. The number of primary amides is 1. The van der Waals surface area contributed by atoms with E-state index in [9.17, 15) is 18.0 Å². The molecule has 0 aliphatic rings. The summed E-state index contributed by atoms with van der Waals surface area (Å²) in [5.41, 5.74) is 5.59. The van der Waals surface area contributed by atoms with Crippen molar-refractivity contribution < 1.29 is 22.7 Å². The Hall–Kier alpha value is -2.42. The van der Waals surface area contributed by atoms with Crippen molar-refractivity contribution in [1.82, 2.24) is 4.72 Å². The van der Waals surface area contributed by atoms with Crippen LogP contribution in [0.2, 0.25) is 5.02 Å². The zero-order valence-electron chi connectivity index (χ0n) is 14.5. The molecule has 2 rings (SSSR count). The Morgan fingerprint density at radius 3 is 2.26 bits per heavy atom. The van der Waals surface area contributed by atoms with Crippen LogP contribution in [-0.2, 0) is 24.3 Å². The third-order valence-corrected chi connectivity index (χ3v) is 5.44. The van der Waals surface area contributed by atoms with Gasteiger partial charge in [-0.1, -0.05) is 41.9 Å². The third kappa shape index (κ3) is 6.06. The van der Waals surface area contributed by atoms with Gasteiger partial charge in [-0.3, -0.25) is 9.59 Å². The summed E-state index contributed by atoms with van der Waals surface area (Å²) in [4.78, 5) is 23.3. The van der Waals surface area contributed by atoms with Crippen LogP contribution in [0.3, 0.4) is 0 Å². The molecular weight excluding hydrogens is 392 g/mol. The summed E-state index contributed by atoms with van der Waals surface area (Å²) in [6, 6.07) is 13.2. The van der Waals surface area contributed by atoms with Crippen molar-refractivity contribution in [3.63, 3.8) is 0 Å². The number of amides is 1. The Morgan fingerprint density at radius 1 is 1.11 bits per heavy atom. The Bertz CT molecular complexity index is 901. The summed E-state index contributed by atoms with van der Waals surface area (Å²) in [7, 11) is -3.89. The molecule has 0 unspecified atom stereocenters. The van der Waals surface area contributed by atoms with Gasteiger partial charge in [0.15, 0.2) is 6.10 Å². The number of halogens is 1. The molecule has 144 valence electrons. The fraction of sp³-hybridized carbons (Fsp3) is 0.222. The van der Waals surface area contributed by atoms with Crippen LogP contribution in [0, 0.1) is 0 Å². The zero-order chi connectivity index (χ0) is 20.0. The van der Waals surface area contributed by atoms with Crippen LogP contribution >= 0.6 is 11.6 Å². The van der Waals surface area contributed by atoms with Crippen LogP contribution in [0.15, 0.2) is 59.5 Å². The summed E-state index contributed by atoms with van der Waals surface area (Å²) in [6.07, 6.45) is -1.44. The maximum absolute atomic E-state index is 12.6. The molecule has 0 spiro atoms. The number of nitrogens with two attached hydrogens (primary N) is 1. The number of rotatable bonds is 8. The van der Waals surface area contributed by atoms with Crippen LogP contribution in [0.4, 0.5) is 0 Å². The molecule has 9 heteroatoms. The summed E-state index contributed by atoms with van der Waals surface area (Å²) in [5, 5.41) is 0.466. The quantitative estimate of drug-likeness (QED) is 0.647. The predicted octanol–water partition coefficient (Wildman–Crippen LogP) is 2.17. The van der Waals surface area contributed by atoms with Crippen LogP contribution in [-0.4, -0.2) is 26.4 Å². The molecule has 0 bridgehead atoms. The number of sulfonamides is 1. The second-order valence-corrected chi connectivity index (χ2v) is 7.93. The largest absolute Gasteiger partial charge is 0.452 e. The summed E-state index contributed by atoms with van der Waals surface area (Å²) < 4.78 is 32.7. The minimum atomic E-state index is -3.89. The van der Waals surface area contributed by atoms with E-state index in [1.165, 1.54) is 19.1 Å². The van der Waals surface area contributed by atoms with Gasteiger partial charge in [-0.15, -0.1) is 0 Å². The molecule has 0 heterocycles. The van der Waals surface area contributed by atoms with Crippen molar-refractivity contribution in [2.75, 3.05) is 0 Å². The average Bonchev–Trinajstić information content (AvgIpc) is 2.62. The first-order valence-corrected chi connectivity index (χ1v) is 9.87. The minimum absolute atomic E-state index is 0.0582. The molecule has 3 N–H and O–H groups in total. The highest BCUT2D eigenvalue weighted by atomic mass is 35.5. The van der Waals surface area contributed by atoms with Crippen molar-refractivity contribution in [3.05, 3.63) is 65.2 Å². The highest BCUT2D eigenvalue weighted by Crippen LogP contribution is 2.23. The lowest BCUT2D eigenvalue weighted by molar-refractivity contribution is -0.154. The minimum Gasteiger partial charge on any atom is -0.452 e. The van der Waals surface area contributed by atoms with Crippen molar-refractivity contribution in [3.8, 4) is 0 Å². The number of hydrogen-bond donors (Lipinski definition) is 2. The lowest BCUT2D eigenvalue weighted by Crippen LogP contribution is -2.34. The van der Waals surface area contributed by atoms with Crippen molar-refractivity contribution in [2.24, 2.45) is 5.73 Å². The van der Waals surface area contributed by atoms with Gasteiger partial charge in [0, 0.05) is 5.02 Å². The molecule has 0 saturated heterocycles. The number of hydrogen-bond acceptors (Lipinski definition) is 5. The first kappa shape index (κ1) is 20.9. The van der Waals surface area contributed by atoms with E-state index in [-0.39, 0.29) is 11.3 Å². The highest BCUT2D eigenvalue weighted by Gasteiger charge is 2.25. The lowest BCUT2D eigenvalue weighted by Gasteiger charge is -2.19. The Morgan fingerprint density at radius 2 is 1.70 bits per heavy atom. The molecule has 0 aromatic heterocycles. The summed E-state index contributed by atoms with van der Waals surface area (Å²) >= 11 is 5.87. The number of carbonyl (C=O) groups is 2. The SMILES string of the molecule is C[C@@H](OC(=O)C[C@@H](NS(=O)(=O)c1ccccc1)c1ccc(Cl)cc1)C(N)=O. The van der Waals surface area contributed by atoms with E-state index in [0.29, 0.717) is 10.6 Å². The summed E-state index contributed by atoms with van der Waals surface area (Å²) in [5.74, 6) is -1.56. The predicted molar refractivity (Wildman–Crippen MR) is 100 cm³/mol. The highest BCUT2D eigenvalue weighted by molar-refractivity contribution is 7.89. The molecule has 0 aliphatic carbocycles. The lowest BCUT2D eigenvalue weighted by atomic mass is 10.1. The van der Waals surface area contributed by atoms with Crippen molar-refractivity contribution >= 4 is 33.5 Å². The topological polar surface area (TPSA) is 116 Å². The van der Waals surface area contributed by atoms with Gasteiger partial charge in [0.2, 0.25) is 10.0 Å². The maximum Gasteiger partial charge on any atom is 0.308 e. The molecular formula is C18H19ClN2O5S. The second kappa shape index (κ2) is 8.98. The third-order valence-electron chi connectivity index (χ3n) is 3.70.